The van der Waals surface area contributed by atoms with Gasteiger partial charge in [-0.25, -0.2) is 0 Å². The first-order valence-electron chi connectivity index (χ1n) is 6.45. The van der Waals surface area contributed by atoms with Gasteiger partial charge in [-0.3, -0.25) is 4.79 Å². The molecule has 1 heterocycles. The lowest BCUT2D eigenvalue weighted by atomic mass is 10.0. The maximum atomic E-state index is 11.3. The highest BCUT2D eigenvalue weighted by Gasteiger charge is 2.18. The minimum atomic E-state index is -0.104. The number of likely N-dealkylation sites (N-methyl/N-ethyl adjacent to an activating group) is 1. The van der Waals surface area contributed by atoms with Crippen molar-refractivity contribution in [3.05, 3.63) is 23.8 Å². The van der Waals surface area contributed by atoms with Crippen LogP contribution in [0.1, 0.15) is 19.4 Å². The second-order valence-corrected chi connectivity index (χ2v) is 5.44. The SMILES string of the molecule is CNCC(C)(C)NCc1ccc2c(c1)NC(=O)CO2. The summed E-state index contributed by atoms with van der Waals surface area (Å²) in [4.78, 5) is 11.3. The molecular weight excluding hydrogens is 242 g/mol. The highest BCUT2D eigenvalue weighted by Crippen LogP contribution is 2.28. The van der Waals surface area contributed by atoms with Gasteiger partial charge in [-0.2, -0.15) is 0 Å². The Morgan fingerprint density at radius 3 is 2.95 bits per heavy atom. The van der Waals surface area contributed by atoms with Crippen LogP contribution in [0.15, 0.2) is 18.2 Å². The van der Waals surface area contributed by atoms with Gasteiger partial charge >= 0.3 is 0 Å². The first-order chi connectivity index (χ1) is 9.00. The van der Waals surface area contributed by atoms with Crippen molar-refractivity contribution in [3.8, 4) is 5.75 Å². The highest BCUT2D eigenvalue weighted by molar-refractivity contribution is 5.95. The fourth-order valence-corrected chi connectivity index (χ4v) is 2.09. The number of hydrogen-bond acceptors (Lipinski definition) is 4. The summed E-state index contributed by atoms with van der Waals surface area (Å²) in [5.41, 5.74) is 1.89. The molecule has 3 N–H and O–H groups in total. The van der Waals surface area contributed by atoms with E-state index in [4.69, 9.17) is 4.74 Å². The fraction of sp³-hybridized carbons (Fsp3) is 0.500. The number of hydrogen-bond donors (Lipinski definition) is 3. The zero-order valence-electron chi connectivity index (χ0n) is 11.7. The lowest BCUT2D eigenvalue weighted by molar-refractivity contribution is -0.118. The zero-order chi connectivity index (χ0) is 13.9. The molecule has 0 unspecified atom stereocenters. The summed E-state index contributed by atoms with van der Waals surface area (Å²) in [7, 11) is 1.94. The van der Waals surface area contributed by atoms with Gasteiger partial charge in [0.1, 0.15) is 5.75 Å². The molecule has 19 heavy (non-hydrogen) atoms. The Labute approximate surface area is 113 Å². The Bertz CT molecular complexity index is 472. The number of amides is 1. The van der Waals surface area contributed by atoms with Crippen LogP contribution in [0, 0.1) is 0 Å². The Morgan fingerprint density at radius 2 is 2.21 bits per heavy atom. The fourth-order valence-electron chi connectivity index (χ4n) is 2.09. The summed E-state index contributed by atoms with van der Waals surface area (Å²) in [6, 6.07) is 5.87. The molecule has 2 rings (SSSR count). The standard InChI is InChI=1S/C14H21N3O2/c1-14(2,9-15-3)16-7-10-4-5-12-11(6-10)17-13(18)8-19-12/h4-6,15-16H,7-9H2,1-3H3,(H,17,18). The van der Waals surface area contributed by atoms with Crippen molar-refractivity contribution in [2.75, 3.05) is 25.5 Å². The van der Waals surface area contributed by atoms with Gasteiger partial charge in [0, 0.05) is 18.6 Å². The number of carbonyl (C=O) groups excluding carboxylic acids is 1. The highest BCUT2D eigenvalue weighted by atomic mass is 16.5. The van der Waals surface area contributed by atoms with E-state index in [-0.39, 0.29) is 18.1 Å². The molecule has 0 atom stereocenters. The predicted octanol–water partition coefficient (Wildman–Crippen LogP) is 1.11. The average Bonchev–Trinajstić information content (AvgIpc) is 2.36. The number of carbonyl (C=O) groups is 1. The first kappa shape index (κ1) is 13.8. The third-order valence-electron chi connectivity index (χ3n) is 3.07. The molecule has 0 bridgehead atoms. The molecule has 0 saturated heterocycles. The van der Waals surface area contributed by atoms with E-state index < -0.39 is 0 Å². The lowest BCUT2D eigenvalue weighted by Gasteiger charge is -2.26. The summed E-state index contributed by atoms with van der Waals surface area (Å²) < 4.78 is 5.33. The van der Waals surface area contributed by atoms with E-state index in [1.165, 1.54) is 0 Å². The van der Waals surface area contributed by atoms with E-state index in [0.29, 0.717) is 0 Å². The van der Waals surface area contributed by atoms with E-state index in [0.717, 1.165) is 30.1 Å². The zero-order valence-corrected chi connectivity index (χ0v) is 11.7. The summed E-state index contributed by atoms with van der Waals surface area (Å²) in [6.07, 6.45) is 0. The Kier molecular flexibility index (Phi) is 4.07. The minimum absolute atomic E-state index is 0.0183. The monoisotopic (exact) mass is 263 g/mol. The van der Waals surface area contributed by atoms with Gasteiger partial charge in [-0.15, -0.1) is 0 Å². The van der Waals surface area contributed by atoms with Gasteiger partial charge in [-0.1, -0.05) is 6.07 Å². The summed E-state index contributed by atoms with van der Waals surface area (Å²) in [5.74, 6) is 0.631. The minimum Gasteiger partial charge on any atom is -0.482 e. The second-order valence-electron chi connectivity index (χ2n) is 5.44. The van der Waals surface area contributed by atoms with Crippen LogP contribution < -0.4 is 20.7 Å². The van der Waals surface area contributed by atoms with E-state index in [9.17, 15) is 4.79 Å². The summed E-state index contributed by atoms with van der Waals surface area (Å²) in [6.45, 7) is 6.02. The van der Waals surface area contributed by atoms with Gasteiger partial charge in [-0.05, 0) is 38.6 Å². The van der Waals surface area contributed by atoms with Gasteiger partial charge in [0.05, 0.1) is 5.69 Å². The Balaban J connectivity index is 2.02. The maximum Gasteiger partial charge on any atom is 0.262 e. The molecule has 5 heteroatoms. The van der Waals surface area contributed by atoms with E-state index in [1.807, 2.05) is 25.2 Å². The largest absolute Gasteiger partial charge is 0.482 e. The molecule has 0 aromatic heterocycles. The number of benzene rings is 1. The number of anilines is 1. The van der Waals surface area contributed by atoms with Crippen LogP contribution in [0.25, 0.3) is 0 Å². The van der Waals surface area contributed by atoms with Crippen LogP contribution in [0.2, 0.25) is 0 Å². The number of nitrogens with one attached hydrogen (secondary N) is 3. The number of fused-ring (bicyclic) bond motifs is 1. The Morgan fingerprint density at radius 1 is 1.42 bits per heavy atom. The lowest BCUT2D eigenvalue weighted by Crippen LogP contribution is -2.46. The van der Waals surface area contributed by atoms with Crippen molar-refractivity contribution in [2.45, 2.75) is 25.9 Å². The van der Waals surface area contributed by atoms with E-state index in [2.05, 4.69) is 29.8 Å². The van der Waals surface area contributed by atoms with Gasteiger partial charge in [0.15, 0.2) is 6.61 Å². The molecule has 1 aliphatic heterocycles. The van der Waals surface area contributed by atoms with Crippen LogP contribution in [0.4, 0.5) is 5.69 Å². The van der Waals surface area contributed by atoms with Crippen LogP contribution in [0.3, 0.4) is 0 Å². The summed E-state index contributed by atoms with van der Waals surface area (Å²) >= 11 is 0. The van der Waals surface area contributed by atoms with Gasteiger partial charge in [0.2, 0.25) is 0 Å². The van der Waals surface area contributed by atoms with E-state index >= 15 is 0 Å². The number of rotatable bonds is 5. The van der Waals surface area contributed by atoms with Crippen molar-refractivity contribution in [2.24, 2.45) is 0 Å². The first-order valence-corrected chi connectivity index (χ1v) is 6.45. The Hall–Kier alpha value is -1.59. The predicted molar refractivity (Wildman–Crippen MR) is 75.4 cm³/mol. The molecule has 0 radical (unpaired) electrons. The molecule has 0 saturated carbocycles. The molecule has 104 valence electrons. The van der Waals surface area contributed by atoms with Crippen LogP contribution in [-0.2, 0) is 11.3 Å². The average molecular weight is 263 g/mol. The van der Waals surface area contributed by atoms with Crippen LogP contribution in [-0.4, -0.2) is 31.6 Å². The molecule has 0 aliphatic carbocycles. The van der Waals surface area contributed by atoms with Crippen molar-refractivity contribution < 1.29 is 9.53 Å². The van der Waals surface area contributed by atoms with Crippen molar-refractivity contribution in [1.82, 2.24) is 10.6 Å². The molecule has 5 nitrogen and oxygen atoms in total. The molecule has 0 spiro atoms. The quantitative estimate of drug-likeness (QED) is 0.744. The number of ether oxygens (including phenoxy) is 1. The molecule has 1 amide bonds. The van der Waals surface area contributed by atoms with Gasteiger partial charge < -0.3 is 20.7 Å². The van der Waals surface area contributed by atoms with Crippen molar-refractivity contribution in [1.29, 1.82) is 0 Å². The van der Waals surface area contributed by atoms with E-state index in [1.54, 1.807) is 0 Å². The normalized spacial score (nSPS) is 14.6. The van der Waals surface area contributed by atoms with Crippen LogP contribution >= 0.6 is 0 Å². The molecular formula is C14H21N3O2. The summed E-state index contributed by atoms with van der Waals surface area (Å²) in [5, 5.41) is 9.46. The van der Waals surface area contributed by atoms with Crippen molar-refractivity contribution in [3.63, 3.8) is 0 Å². The molecule has 1 aliphatic rings. The third-order valence-corrected chi connectivity index (χ3v) is 3.07. The van der Waals surface area contributed by atoms with Crippen LogP contribution in [0.5, 0.6) is 5.75 Å². The topological polar surface area (TPSA) is 62.4 Å². The van der Waals surface area contributed by atoms with Crippen molar-refractivity contribution >= 4 is 11.6 Å². The molecule has 1 aromatic carbocycles. The molecule has 0 fully saturated rings. The molecule has 1 aromatic rings. The maximum absolute atomic E-state index is 11.3. The smallest absolute Gasteiger partial charge is 0.262 e. The van der Waals surface area contributed by atoms with Gasteiger partial charge in [0.25, 0.3) is 5.91 Å². The third kappa shape index (κ3) is 3.68. The second kappa shape index (κ2) is 5.59.